The number of amides is 2. The van der Waals surface area contributed by atoms with E-state index >= 15 is 0 Å². The van der Waals surface area contributed by atoms with Crippen molar-refractivity contribution in [3.63, 3.8) is 0 Å². The van der Waals surface area contributed by atoms with Gasteiger partial charge >= 0.3 is 41.5 Å². The first-order chi connectivity index (χ1) is 16.9. The number of rotatable bonds is 11. The first kappa shape index (κ1) is 33.9. The van der Waals surface area contributed by atoms with Gasteiger partial charge in [0.05, 0.1) is 13.7 Å². The van der Waals surface area contributed by atoms with Crippen molar-refractivity contribution in [2.24, 2.45) is 5.16 Å². The van der Waals surface area contributed by atoms with Crippen LogP contribution >= 0.6 is 11.3 Å². The van der Waals surface area contributed by atoms with E-state index in [4.69, 9.17) is 15.3 Å². The zero-order valence-electron chi connectivity index (χ0n) is 22.0. The molecular weight excluding hydrogens is 573 g/mol. The van der Waals surface area contributed by atoms with Crippen LogP contribution in [0.15, 0.2) is 10.5 Å². The van der Waals surface area contributed by atoms with Crippen LogP contribution in [0.4, 0.5) is 5.13 Å². The molecule has 2 rings (SSSR count). The zero-order valence-corrected chi connectivity index (χ0v) is 26.6. The van der Waals surface area contributed by atoms with Crippen LogP contribution in [0.5, 0.6) is 0 Å². The van der Waals surface area contributed by atoms with Gasteiger partial charge in [-0.1, -0.05) is 24.8 Å². The Labute approximate surface area is 246 Å². The van der Waals surface area contributed by atoms with Crippen LogP contribution < -0.4 is 40.6 Å². The van der Waals surface area contributed by atoms with E-state index in [2.05, 4.69) is 39.8 Å². The fraction of sp³-hybridized carbons (Fsp3) is 0.579. The number of hydrogen-bond donors (Lipinski definition) is 2. The van der Waals surface area contributed by atoms with Crippen LogP contribution in [-0.4, -0.2) is 91.2 Å². The number of carbonyl (C=O) groups is 4. The Morgan fingerprint density at radius 2 is 1.92 bits per heavy atom. The quantitative estimate of drug-likeness (QED) is 0.0628. The summed E-state index contributed by atoms with van der Waals surface area (Å²) < 4.78 is 43.6. The maximum absolute atomic E-state index is 13.0. The molecule has 2 atom stereocenters. The molecule has 15 nitrogen and oxygen atoms in total. The van der Waals surface area contributed by atoms with Crippen molar-refractivity contribution < 1.29 is 76.0 Å². The first-order valence-corrected chi connectivity index (χ1v) is 16.7. The van der Waals surface area contributed by atoms with Crippen LogP contribution in [0, 0.1) is 0 Å². The number of nitrogens with zero attached hydrogens (tertiary/aromatic N) is 3. The van der Waals surface area contributed by atoms with E-state index in [-0.39, 0.29) is 51.3 Å². The maximum Gasteiger partial charge on any atom is 1.00 e. The fourth-order valence-corrected chi connectivity index (χ4v) is 4.92. The number of esters is 2. The van der Waals surface area contributed by atoms with E-state index in [1.165, 1.54) is 19.2 Å². The molecule has 0 bridgehead atoms. The van der Waals surface area contributed by atoms with E-state index in [1.807, 2.05) is 0 Å². The number of oxime groups is 1. The molecule has 19 heteroatoms. The molecule has 2 amide bonds. The van der Waals surface area contributed by atoms with Crippen LogP contribution in [0.25, 0.3) is 0 Å². The van der Waals surface area contributed by atoms with Gasteiger partial charge in [-0.05, 0) is 19.9 Å². The number of thiazole rings is 1. The number of nitrogens with two attached hydrogens (primary N) is 1. The Kier molecular flexibility index (Phi) is 11.5. The van der Waals surface area contributed by atoms with E-state index in [9.17, 15) is 32.1 Å². The number of carbonyl (C=O) groups excluding carboxylic acids is 4. The molecule has 38 heavy (non-hydrogen) atoms. The summed E-state index contributed by atoms with van der Waals surface area (Å²) in [6.45, 7) is 9.23. The number of hydrogen-bond acceptors (Lipinski definition) is 14. The van der Waals surface area contributed by atoms with E-state index < -0.39 is 65.5 Å². The Morgan fingerprint density at radius 3 is 2.39 bits per heavy atom. The molecule has 0 aliphatic carbocycles. The summed E-state index contributed by atoms with van der Waals surface area (Å²) in [5.74, 6) is -4.49. The van der Waals surface area contributed by atoms with Gasteiger partial charge in [0.1, 0.15) is 11.7 Å². The average molecular weight is 602 g/mol. The Hall–Kier alpha value is -2.09. The Bertz CT molecular complexity index is 1210. The predicted molar refractivity (Wildman–Crippen MR) is 132 cm³/mol. The number of aromatic nitrogens is 1. The molecule has 1 aliphatic rings. The van der Waals surface area contributed by atoms with Gasteiger partial charge in [0.15, 0.2) is 27.2 Å². The van der Waals surface area contributed by atoms with Crippen molar-refractivity contribution >= 4 is 64.3 Å². The van der Waals surface area contributed by atoms with Gasteiger partial charge in [-0.2, -0.15) is 0 Å². The molecule has 0 spiro atoms. The molecule has 2 unspecified atom stereocenters. The molecule has 1 aromatic rings. The molecule has 3 N–H and O–H groups in total. The minimum atomic E-state index is -5.36. The second-order valence-electron chi connectivity index (χ2n) is 9.57. The van der Waals surface area contributed by atoms with Crippen molar-refractivity contribution in [2.75, 3.05) is 19.5 Å². The van der Waals surface area contributed by atoms with Crippen molar-refractivity contribution in [1.82, 2.24) is 14.6 Å². The number of methoxy groups -OCH3 is 1. The topological polar surface area (TPSA) is 220 Å². The summed E-state index contributed by atoms with van der Waals surface area (Å²) >= 11 is 0.948. The van der Waals surface area contributed by atoms with Gasteiger partial charge in [-0.3, -0.25) is 9.59 Å². The third-order valence-corrected chi connectivity index (χ3v) is 8.21. The van der Waals surface area contributed by atoms with Crippen LogP contribution in [0.2, 0.25) is 25.7 Å². The Balaban J connectivity index is 0.00000722. The van der Waals surface area contributed by atoms with Crippen LogP contribution in [0.1, 0.15) is 19.5 Å². The summed E-state index contributed by atoms with van der Waals surface area (Å²) in [5, 5.41) is 7.25. The monoisotopic (exact) mass is 601 g/mol. The number of anilines is 1. The second kappa shape index (κ2) is 12.8. The summed E-state index contributed by atoms with van der Waals surface area (Å²) in [5.41, 5.74) is 3.35. The summed E-state index contributed by atoms with van der Waals surface area (Å²) in [6.07, 6.45) is 0. The molecular formula is C19H28N5NaO10S2Si. The molecule has 0 radical (unpaired) electrons. The first-order valence-electron chi connectivity index (χ1n) is 10.7. The second-order valence-corrected chi connectivity index (χ2v) is 17.3. The van der Waals surface area contributed by atoms with Gasteiger partial charge < -0.3 is 29.9 Å². The van der Waals surface area contributed by atoms with Crippen molar-refractivity contribution in [3.05, 3.63) is 11.1 Å². The third-order valence-electron chi connectivity index (χ3n) is 4.94. The van der Waals surface area contributed by atoms with E-state index in [0.29, 0.717) is 0 Å². The summed E-state index contributed by atoms with van der Waals surface area (Å²) in [6, 6.07) is -2.97. The van der Waals surface area contributed by atoms with Gasteiger partial charge in [0.2, 0.25) is 5.60 Å². The minimum Gasteiger partial charge on any atom is -0.731 e. The molecule has 0 saturated carbocycles. The standard InChI is InChI=1S/C19H29N5O10S2Si.Na/c1-19(2,17(28)33-7-8-37(4,5)6)34-23-11(10-9-35-18(20)21-10)14(25)22-12-13(16(27)32-3)24(15(12)26)36(29,30)31;/h9,12-13H,7-8H2,1-6H3,(H2,20,21)(H,22,25)(H,29,30,31);/q;+1/p-1. The smallest absolute Gasteiger partial charge is 0.731 e. The van der Waals surface area contributed by atoms with Crippen molar-refractivity contribution in [3.8, 4) is 0 Å². The molecule has 1 saturated heterocycles. The maximum atomic E-state index is 13.0. The Morgan fingerprint density at radius 1 is 1.32 bits per heavy atom. The number of nitrogen functional groups attached to an aromatic ring is 1. The number of nitrogens with one attached hydrogen (secondary N) is 1. The van der Waals surface area contributed by atoms with E-state index in [0.717, 1.165) is 24.5 Å². The molecule has 1 fully saturated rings. The molecule has 206 valence electrons. The van der Waals surface area contributed by atoms with Crippen molar-refractivity contribution in [2.45, 2.75) is 57.2 Å². The normalized spacial score (nSPS) is 18.1. The number of β-lactam (4-membered cyclic amide) rings is 1. The summed E-state index contributed by atoms with van der Waals surface area (Å²) in [7, 11) is -5.92. The predicted octanol–water partition coefficient (Wildman–Crippen LogP) is -3.56. The van der Waals surface area contributed by atoms with Gasteiger partial charge in [-0.15, -0.1) is 11.3 Å². The van der Waals surface area contributed by atoms with Gasteiger partial charge in [-0.25, -0.2) is 27.3 Å². The fourth-order valence-electron chi connectivity index (χ4n) is 2.84. The largest absolute Gasteiger partial charge is 1.00 e. The van der Waals surface area contributed by atoms with Gasteiger partial charge in [0, 0.05) is 13.5 Å². The number of ether oxygens (including phenoxy) is 2. The zero-order chi connectivity index (χ0) is 28.3. The van der Waals surface area contributed by atoms with Gasteiger partial charge in [0.25, 0.3) is 11.8 Å². The molecule has 1 aliphatic heterocycles. The molecule has 1 aromatic heterocycles. The molecule has 0 aromatic carbocycles. The van der Waals surface area contributed by atoms with Crippen molar-refractivity contribution in [1.29, 1.82) is 0 Å². The van der Waals surface area contributed by atoms with Crippen LogP contribution in [0.3, 0.4) is 0 Å². The SMILES string of the molecule is COC(=O)C1C(NC(=O)C(=NOC(C)(C)C(=O)OCC[Si](C)(C)C)c2csc(N)n2)C(=O)N1S(=O)(=O)[O-].[Na+]. The molecule has 2 heterocycles. The minimum absolute atomic E-state index is 0. The summed E-state index contributed by atoms with van der Waals surface area (Å²) in [4.78, 5) is 59.1. The van der Waals surface area contributed by atoms with Crippen LogP contribution in [-0.2, 0) is 43.8 Å². The average Bonchev–Trinajstić information content (AvgIpc) is 3.18. The van der Waals surface area contributed by atoms with E-state index in [1.54, 1.807) is 0 Å². The third kappa shape index (κ3) is 8.45.